The summed E-state index contributed by atoms with van der Waals surface area (Å²) in [5.74, 6) is -0.820. The second kappa shape index (κ2) is 9.00. The minimum absolute atomic E-state index is 0.0286. The Bertz CT molecular complexity index is 874. The summed E-state index contributed by atoms with van der Waals surface area (Å²) in [6.07, 6.45) is 1.61. The fourth-order valence-corrected chi connectivity index (χ4v) is 3.58. The molecule has 8 heteroatoms. The van der Waals surface area contributed by atoms with Crippen LogP contribution in [0.15, 0.2) is 48.5 Å². The maximum absolute atomic E-state index is 13.4. The van der Waals surface area contributed by atoms with Crippen LogP contribution in [0, 0.1) is 5.82 Å². The lowest BCUT2D eigenvalue weighted by Gasteiger charge is -2.22. The summed E-state index contributed by atoms with van der Waals surface area (Å²) >= 11 is 5.91. The normalized spacial score (nSPS) is 11.2. The molecule has 0 heterocycles. The van der Waals surface area contributed by atoms with Gasteiger partial charge in [-0.1, -0.05) is 29.8 Å². The van der Waals surface area contributed by atoms with Crippen LogP contribution in [0.3, 0.4) is 0 Å². The van der Waals surface area contributed by atoms with Gasteiger partial charge in [-0.3, -0.25) is 9.10 Å². The van der Waals surface area contributed by atoms with E-state index in [0.29, 0.717) is 18.0 Å². The number of amides is 1. The number of hydrogen-bond donors (Lipinski definition) is 1. The summed E-state index contributed by atoms with van der Waals surface area (Å²) < 4.78 is 38.3. The molecule has 1 N–H and O–H groups in total. The highest BCUT2D eigenvalue weighted by molar-refractivity contribution is 7.92. The molecular formula is C18H20ClFN2O3S. The van der Waals surface area contributed by atoms with Crippen LogP contribution in [0.2, 0.25) is 5.02 Å². The lowest BCUT2D eigenvalue weighted by atomic mass is 10.1. The van der Waals surface area contributed by atoms with Crippen molar-refractivity contribution < 1.29 is 17.6 Å². The number of benzene rings is 2. The Morgan fingerprint density at radius 2 is 1.92 bits per heavy atom. The highest BCUT2D eigenvalue weighted by atomic mass is 35.5. The predicted octanol–water partition coefficient (Wildman–Crippen LogP) is 2.99. The molecule has 2 aromatic rings. The molecule has 1 amide bonds. The zero-order valence-corrected chi connectivity index (χ0v) is 15.9. The quantitative estimate of drug-likeness (QED) is 0.743. The topological polar surface area (TPSA) is 66.5 Å². The van der Waals surface area contributed by atoms with Crippen LogP contribution in [-0.4, -0.2) is 33.7 Å². The van der Waals surface area contributed by atoms with Crippen molar-refractivity contribution in [1.82, 2.24) is 5.32 Å². The molecule has 0 saturated heterocycles. The molecule has 0 fully saturated rings. The van der Waals surface area contributed by atoms with E-state index in [4.69, 9.17) is 11.6 Å². The molecule has 140 valence electrons. The van der Waals surface area contributed by atoms with Crippen molar-refractivity contribution >= 4 is 33.2 Å². The molecule has 5 nitrogen and oxygen atoms in total. The smallest absolute Gasteiger partial charge is 0.232 e. The maximum atomic E-state index is 13.4. The molecule has 0 aliphatic carbocycles. The second-order valence-electron chi connectivity index (χ2n) is 5.79. The van der Waals surface area contributed by atoms with E-state index in [0.717, 1.165) is 22.2 Å². The number of nitrogens with zero attached hydrogens (tertiary/aromatic N) is 1. The van der Waals surface area contributed by atoms with Crippen molar-refractivity contribution in [3.05, 3.63) is 64.9 Å². The van der Waals surface area contributed by atoms with E-state index in [1.807, 2.05) is 18.2 Å². The number of carbonyl (C=O) groups is 1. The van der Waals surface area contributed by atoms with Crippen LogP contribution >= 0.6 is 11.6 Å². The molecule has 0 radical (unpaired) electrons. The SMILES string of the molecule is CS(=O)(=O)N(CCC(=O)NCCc1cccc(Cl)c1)c1cccc(F)c1. The van der Waals surface area contributed by atoms with Gasteiger partial charge in [0, 0.05) is 24.5 Å². The summed E-state index contributed by atoms with van der Waals surface area (Å²) in [5, 5.41) is 3.37. The monoisotopic (exact) mass is 398 g/mol. The Balaban J connectivity index is 1.89. The molecule has 0 bridgehead atoms. The molecule has 0 aliphatic rings. The van der Waals surface area contributed by atoms with Crippen LogP contribution in [0.1, 0.15) is 12.0 Å². The van der Waals surface area contributed by atoms with Crippen LogP contribution in [0.4, 0.5) is 10.1 Å². The zero-order chi connectivity index (χ0) is 19.2. The first-order valence-corrected chi connectivity index (χ1v) is 10.2. The number of carbonyl (C=O) groups excluding carboxylic acids is 1. The Hall–Kier alpha value is -2.12. The van der Waals surface area contributed by atoms with Crippen LogP contribution < -0.4 is 9.62 Å². The van der Waals surface area contributed by atoms with E-state index in [9.17, 15) is 17.6 Å². The van der Waals surface area contributed by atoms with Crippen LogP contribution in [0.5, 0.6) is 0 Å². The molecule has 0 saturated carbocycles. The van der Waals surface area contributed by atoms with Gasteiger partial charge in [-0.2, -0.15) is 0 Å². The van der Waals surface area contributed by atoms with Gasteiger partial charge < -0.3 is 5.32 Å². The van der Waals surface area contributed by atoms with Gasteiger partial charge in [0.2, 0.25) is 15.9 Å². The molecule has 0 aromatic heterocycles. The van der Waals surface area contributed by atoms with Crippen molar-refractivity contribution in [3.8, 4) is 0 Å². The Labute approximate surface area is 157 Å². The molecule has 0 aliphatic heterocycles. The number of anilines is 1. The van der Waals surface area contributed by atoms with Gasteiger partial charge in [-0.15, -0.1) is 0 Å². The third kappa shape index (κ3) is 6.31. The van der Waals surface area contributed by atoms with Crippen LogP contribution in [0.25, 0.3) is 0 Å². The minimum atomic E-state index is -3.63. The van der Waals surface area contributed by atoms with E-state index in [-0.39, 0.29) is 24.6 Å². The standard InChI is InChI=1S/C18H20ClFN2O3S/c1-26(24,25)22(17-7-3-6-16(20)13-17)11-9-18(23)21-10-8-14-4-2-5-15(19)12-14/h2-7,12-13H,8-11H2,1H3,(H,21,23). The summed E-state index contributed by atoms with van der Waals surface area (Å²) in [7, 11) is -3.63. The molecule has 26 heavy (non-hydrogen) atoms. The number of nitrogens with one attached hydrogen (secondary N) is 1. The second-order valence-corrected chi connectivity index (χ2v) is 8.14. The molecule has 2 aromatic carbocycles. The lowest BCUT2D eigenvalue weighted by molar-refractivity contribution is -0.120. The van der Waals surface area contributed by atoms with Gasteiger partial charge in [-0.05, 0) is 42.3 Å². The van der Waals surface area contributed by atoms with Crippen molar-refractivity contribution in [1.29, 1.82) is 0 Å². The fourth-order valence-electron chi connectivity index (χ4n) is 2.45. The van der Waals surface area contributed by atoms with Crippen LogP contribution in [-0.2, 0) is 21.2 Å². The number of sulfonamides is 1. The van der Waals surface area contributed by atoms with Crippen molar-refractivity contribution in [2.24, 2.45) is 0 Å². The number of halogens is 2. The first-order valence-electron chi connectivity index (χ1n) is 8.00. The zero-order valence-electron chi connectivity index (χ0n) is 14.3. The average molecular weight is 399 g/mol. The van der Waals surface area contributed by atoms with Crippen molar-refractivity contribution in [2.75, 3.05) is 23.7 Å². The van der Waals surface area contributed by atoms with Gasteiger partial charge in [0.1, 0.15) is 5.82 Å². The Morgan fingerprint density at radius 3 is 2.58 bits per heavy atom. The molecule has 2 rings (SSSR count). The van der Waals surface area contributed by atoms with E-state index in [2.05, 4.69) is 5.32 Å². The number of hydrogen-bond acceptors (Lipinski definition) is 3. The van der Waals surface area contributed by atoms with Gasteiger partial charge in [0.15, 0.2) is 0 Å². The third-order valence-corrected chi connectivity index (χ3v) is 5.09. The minimum Gasteiger partial charge on any atom is -0.356 e. The van der Waals surface area contributed by atoms with Gasteiger partial charge >= 0.3 is 0 Å². The first kappa shape index (κ1) is 20.2. The fraction of sp³-hybridized carbons (Fsp3) is 0.278. The first-order chi connectivity index (χ1) is 12.3. The summed E-state index contributed by atoms with van der Waals surface area (Å²) in [5.41, 5.74) is 1.19. The largest absolute Gasteiger partial charge is 0.356 e. The van der Waals surface area contributed by atoms with E-state index in [1.54, 1.807) is 6.07 Å². The molecule has 0 atom stereocenters. The summed E-state index contributed by atoms with van der Waals surface area (Å²) in [6, 6.07) is 12.6. The lowest BCUT2D eigenvalue weighted by Crippen LogP contribution is -2.35. The highest BCUT2D eigenvalue weighted by Gasteiger charge is 2.19. The Kier molecular flexibility index (Phi) is 6.99. The van der Waals surface area contributed by atoms with E-state index >= 15 is 0 Å². The predicted molar refractivity (Wildman–Crippen MR) is 101 cm³/mol. The van der Waals surface area contributed by atoms with Crippen molar-refractivity contribution in [2.45, 2.75) is 12.8 Å². The molecule has 0 spiro atoms. The maximum Gasteiger partial charge on any atom is 0.232 e. The van der Waals surface area contributed by atoms with E-state index in [1.165, 1.54) is 18.2 Å². The average Bonchev–Trinajstić information content (AvgIpc) is 2.54. The number of rotatable bonds is 8. The van der Waals surface area contributed by atoms with Crippen molar-refractivity contribution in [3.63, 3.8) is 0 Å². The Morgan fingerprint density at radius 1 is 1.19 bits per heavy atom. The summed E-state index contributed by atoms with van der Waals surface area (Å²) in [6.45, 7) is 0.350. The molecule has 0 unspecified atom stereocenters. The van der Waals surface area contributed by atoms with Gasteiger partial charge in [0.05, 0.1) is 11.9 Å². The van der Waals surface area contributed by atoms with Gasteiger partial charge in [-0.25, -0.2) is 12.8 Å². The summed E-state index contributed by atoms with van der Waals surface area (Å²) in [4.78, 5) is 12.0. The highest BCUT2D eigenvalue weighted by Crippen LogP contribution is 2.18. The van der Waals surface area contributed by atoms with Gasteiger partial charge in [0.25, 0.3) is 0 Å². The molecular weight excluding hydrogens is 379 g/mol. The third-order valence-electron chi connectivity index (χ3n) is 3.66. The van der Waals surface area contributed by atoms with E-state index < -0.39 is 15.8 Å².